The van der Waals surface area contributed by atoms with E-state index in [1.807, 2.05) is 0 Å². The largest absolute Gasteiger partial charge is 0.493 e. The molecule has 0 unspecified atom stereocenters. The van der Waals surface area contributed by atoms with Crippen molar-refractivity contribution in [1.82, 2.24) is 0 Å². The molecule has 0 atom stereocenters. The molecule has 84 valence electrons. The Bertz CT molecular complexity index is 281. The van der Waals surface area contributed by atoms with E-state index in [9.17, 15) is 0 Å². The molecule has 0 radical (unpaired) electrons. The van der Waals surface area contributed by atoms with E-state index in [2.05, 4.69) is 6.92 Å². The average Bonchev–Trinajstić information content (AvgIpc) is 2.16. The first-order chi connectivity index (χ1) is 7.22. The summed E-state index contributed by atoms with van der Waals surface area (Å²) in [6.45, 7) is 2.93. The van der Waals surface area contributed by atoms with Gasteiger partial charge in [-0.05, 0) is 18.6 Å². The van der Waals surface area contributed by atoms with Crippen molar-refractivity contribution < 1.29 is 4.74 Å². The molecule has 0 aliphatic rings. The zero-order valence-electron chi connectivity index (χ0n) is 9.13. The molecule has 2 N–H and O–H groups in total. The van der Waals surface area contributed by atoms with Crippen LogP contribution in [0.15, 0.2) is 18.2 Å². The zero-order chi connectivity index (χ0) is 11.1. The van der Waals surface area contributed by atoms with Crippen LogP contribution in [0.4, 0.5) is 5.69 Å². The van der Waals surface area contributed by atoms with Crippen molar-refractivity contribution in [2.24, 2.45) is 0 Å². The lowest BCUT2D eigenvalue weighted by molar-refractivity contribution is 0.305. The van der Waals surface area contributed by atoms with Crippen LogP contribution < -0.4 is 10.5 Å². The van der Waals surface area contributed by atoms with Crippen molar-refractivity contribution in [3.63, 3.8) is 0 Å². The van der Waals surface area contributed by atoms with E-state index in [0.717, 1.165) is 18.8 Å². The predicted octanol–water partition coefficient (Wildman–Crippen LogP) is 3.88. The highest BCUT2D eigenvalue weighted by Gasteiger charge is 1.98. The highest BCUT2D eigenvalue weighted by atomic mass is 35.5. The van der Waals surface area contributed by atoms with Crippen molar-refractivity contribution >= 4 is 17.3 Å². The Balaban J connectivity index is 2.31. The Morgan fingerprint density at radius 2 is 2.00 bits per heavy atom. The number of benzene rings is 1. The molecule has 0 saturated carbocycles. The summed E-state index contributed by atoms with van der Waals surface area (Å²) >= 11 is 5.85. The molecule has 0 fully saturated rings. The van der Waals surface area contributed by atoms with Gasteiger partial charge in [-0.1, -0.05) is 37.8 Å². The van der Waals surface area contributed by atoms with E-state index in [1.54, 1.807) is 18.2 Å². The van der Waals surface area contributed by atoms with Gasteiger partial charge in [0.2, 0.25) is 0 Å². The number of hydrogen-bond acceptors (Lipinski definition) is 2. The van der Waals surface area contributed by atoms with E-state index >= 15 is 0 Å². The normalized spacial score (nSPS) is 10.3. The summed E-state index contributed by atoms with van der Waals surface area (Å²) in [6, 6.07) is 5.30. The Morgan fingerprint density at radius 1 is 1.20 bits per heavy atom. The maximum atomic E-state index is 5.85. The molecule has 0 saturated heterocycles. The van der Waals surface area contributed by atoms with Gasteiger partial charge in [0, 0.05) is 16.8 Å². The monoisotopic (exact) mass is 227 g/mol. The molecule has 0 aromatic heterocycles. The molecule has 0 heterocycles. The summed E-state index contributed by atoms with van der Waals surface area (Å²) in [4.78, 5) is 0. The summed E-state index contributed by atoms with van der Waals surface area (Å²) in [5.74, 6) is 0.761. The second kappa shape index (κ2) is 6.57. The van der Waals surface area contributed by atoms with Gasteiger partial charge in [0.05, 0.1) is 6.61 Å². The quantitative estimate of drug-likeness (QED) is 0.591. The molecule has 1 aromatic rings. The molecule has 3 heteroatoms. The lowest BCUT2D eigenvalue weighted by atomic mass is 10.2. The van der Waals surface area contributed by atoms with Gasteiger partial charge in [-0.15, -0.1) is 0 Å². The van der Waals surface area contributed by atoms with Crippen LogP contribution >= 0.6 is 11.6 Å². The third-order valence-electron chi connectivity index (χ3n) is 2.16. The topological polar surface area (TPSA) is 35.2 Å². The minimum atomic E-state index is 0.624. The van der Waals surface area contributed by atoms with Crippen LogP contribution in [-0.4, -0.2) is 6.61 Å². The maximum Gasteiger partial charge on any atom is 0.122 e. The van der Waals surface area contributed by atoms with Crippen molar-refractivity contribution in [2.45, 2.75) is 32.6 Å². The highest BCUT2D eigenvalue weighted by molar-refractivity contribution is 6.31. The first-order valence-electron chi connectivity index (χ1n) is 5.41. The fraction of sp³-hybridized carbons (Fsp3) is 0.500. The van der Waals surface area contributed by atoms with Crippen LogP contribution in [-0.2, 0) is 0 Å². The minimum absolute atomic E-state index is 0.624. The van der Waals surface area contributed by atoms with Gasteiger partial charge in [0.1, 0.15) is 5.75 Å². The maximum absolute atomic E-state index is 5.85. The van der Waals surface area contributed by atoms with Crippen LogP contribution in [0.5, 0.6) is 5.75 Å². The van der Waals surface area contributed by atoms with Crippen LogP contribution in [0.2, 0.25) is 5.02 Å². The summed E-state index contributed by atoms with van der Waals surface area (Å²) in [5.41, 5.74) is 6.29. The molecule has 0 aliphatic heterocycles. The van der Waals surface area contributed by atoms with Crippen molar-refractivity contribution in [1.29, 1.82) is 0 Å². The van der Waals surface area contributed by atoms with E-state index in [-0.39, 0.29) is 0 Å². The molecule has 0 amide bonds. The Labute approximate surface area is 96.4 Å². The van der Waals surface area contributed by atoms with Crippen LogP contribution in [0.1, 0.15) is 32.6 Å². The van der Waals surface area contributed by atoms with Crippen LogP contribution in [0.3, 0.4) is 0 Å². The van der Waals surface area contributed by atoms with Gasteiger partial charge in [-0.3, -0.25) is 0 Å². The van der Waals surface area contributed by atoms with Gasteiger partial charge >= 0.3 is 0 Å². The van der Waals surface area contributed by atoms with Gasteiger partial charge in [0.15, 0.2) is 0 Å². The van der Waals surface area contributed by atoms with E-state index < -0.39 is 0 Å². The number of unbranched alkanes of at least 4 members (excludes halogenated alkanes) is 3. The van der Waals surface area contributed by atoms with Crippen LogP contribution in [0, 0.1) is 0 Å². The zero-order valence-corrected chi connectivity index (χ0v) is 9.89. The lowest BCUT2D eigenvalue weighted by Gasteiger charge is -2.07. The first-order valence-corrected chi connectivity index (χ1v) is 5.79. The second-order valence-electron chi connectivity index (χ2n) is 3.63. The van der Waals surface area contributed by atoms with Gasteiger partial charge in [0.25, 0.3) is 0 Å². The molecule has 1 aromatic carbocycles. The smallest absolute Gasteiger partial charge is 0.122 e. The number of nitrogen functional groups attached to an aromatic ring is 1. The van der Waals surface area contributed by atoms with E-state index in [4.69, 9.17) is 22.1 Å². The average molecular weight is 228 g/mol. The third-order valence-corrected chi connectivity index (χ3v) is 2.38. The fourth-order valence-corrected chi connectivity index (χ4v) is 1.62. The number of anilines is 1. The number of halogens is 1. The van der Waals surface area contributed by atoms with E-state index in [0.29, 0.717) is 10.7 Å². The van der Waals surface area contributed by atoms with Crippen LogP contribution in [0.25, 0.3) is 0 Å². The molecule has 0 bridgehead atoms. The predicted molar refractivity (Wildman–Crippen MR) is 65.5 cm³/mol. The van der Waals surface area contributed by atoms with Crippen molar-refractivity contribution in [3.05, 3.63) is 23.2 Å². The summed E-state index contributed by atoms with van der Waals surface area (Å²) in [6.07, 6.45) is 4.80. The SMILES string of the molecule is CCCCCCOc1cc(N)cc(Cl)c1. The summed E-state index contributed by atoms with van der Waals surface area (Å²) in [5, 5.41) is 0.624. The lowest BCUT2D eigenvalue weighted by Crippen LogP contribution is -1.98. The van der Waals surface area contributed by atoms with Crippen molar-refractivity contribution in [3.8, 4) is 5.75 Å². The highest BCUT2D eigenvalue weighted by Crippen LogP contribution is 2.22. The Kier molecular flexibility index (Phi) is 5.33. The van der Waals surface area contributed by atoms with Gasteiger partial charge < -0.3 is 10.5 Å². The Hall–Kier alpha value is -0.890. The molecule has 2 nitrogen and oxygen atoms in total. The van der Waals surface area contributed by atoms with Gasteiger partial charge in [-0.25, -0.2) is 0 Å². The van der Waals surface area contributed by atoms with Gasteiger partial charge in [-0.2, -0.15) is 0 Å². The summed E-state index contributed by atoms with van der Waals surface area (Å²) < 4.78 is 5.55. The molecule has 15 heavy (non-hydrogen) atoms. The number of rotatable bonds is 6. The van der Waals surface area contributed by atoms with E-state index in [1.165, 1.54) is 19.3 Å². The molecule has 1 rings (SSSR count). The molecular formula is C12H18ClNO. The van der Waals surface area contributed by atoms with Crippen molar-refractivity contribution in [2.75, 3.05) is 12.3 Å². The summed E-state index contributed by atoms with van der Waals surface area (Å²) in [7, 11) is 0. The molecular weight excluding hydrogens is 210 g/mol. The minimum Gasteiger partial charge on any atom is -0.493 e. The number of hydrogen-bond donors (Lipinski definition) is 1. The number of ether oxygens (including phenoxy) is 1. The fourth-order valence-electron chi connectivity index (χ4n) is 1.39. The standard InChI is InChI=1S/C12H18ClNO/c1-2-3-4-5-6-15-12-8-10(13)7-11(14)9-12/h7-9H,2-6,14H2,1H3. The molecule has 0 aliphatic carbocycles. The third kappa shape index (κ3) is 4.93. The first kappa shape index (κ1) is 12.2. The number of nitrogens with two attached hydrogens (primary N) is 1. The molecule has 0 spiro atoms. The second-order valence-corrected chi connectivity index (χ2v) is 4.07. The Morgan fingerprint density at radius 3 is 2.67 bits per heavy atom.